The van der Waals surface area contributed by atoms with Crippen molar-refractivity contribution in [3.05, 3.63) is 60.6 Å². The molecule has 1 aromatic carbocycles. The molecule has 0 unspecified atom stereocenters. The van der Waals surface area contributed by atoms with Crippen LogP contribution in [0.3, 0.4) is 0 Å². The Morgan fingerprint density at radius 2 is 1.88 bits per heavy atom. The van der Waals surface area contributed by atoms with Crippen molar-refractivity contribution in [1.29, 1.82) is 0 Å². The number of aryl methyl sites for hydroxylation is 1. The van der Waals surface area contributed by atoms with E-state index in [4.69, 9.17) is 0 Å². The summed E-state index contributed by atoms with van der Waals surface area (Å²) in [5, 5.41) is 4.61. The van der Waals surface area contributed by atoms with Gasteiger partial charge in [-0.3, -0.25) is 9.71 Å². The Balaban J connectivity index is 1.83. The van der Waals surface area contributed by atoms with Crippen LogP contribution in [-0.4, -0.2) is 29.4 Å². The Bertz CT molecular complexity index is 963. The van der Waals surface area contributed by atoms with Gasteiger partial charge in [0.05, 0.1) is 17.6 Å². The summed E-state index contributed by atoms with van der Waals surface area (Å²) in [4.78, 5) is 4.36. The van der Waals surface area contributed by atoms with E-state index >= 15 is 0 Å². The van der Waals surface area contributed by atoms with Crippen LogP contribution in [-0.2, 0) is 16.4 Å². The molecular weight excluding hydrogens is 336 g/mol. The van der Waals surface area contributed by atoms with E-state index in [0.717, 1.165) is 41.7 Å². The molecule has 2 heterocycles. The Morgan fingerprint density at radius 3 is 2.56 bits per heavy atom. The molecule has 0 fully saturated rings. The third-order valence-corrected chi connectivity index (χ3v) is 4.25. The van der Waals surface area contributed by atoms with Crippen molar-refractivity contribution in [1.82, 2.24) is 14.8 Å². The van der Waals surface area contributed by atoms with E-state index in [1.54, 1.807) is 18.3 Å². The van der Waals surface area contributed by atoms with E-state index in [0.29, 0.717) is 5.69 Å². The zero-order valence-corrected chi connectivity index (χ0v) is 15.0. The molecule has 6 nitrogen and oxygen atoms in total. The first-order valence-electron chi connectivity index (χ1n) is 8.04. The lowest BCUT2D eigenvalue weighted by atomic mass is 10.1. The van der Waals surface area contributed by atoms with Gasteiger partial charge in [-0.25, -0.2) is 13.1 Å². The van der Waals surface area contributed by atoms with Gasteiger partial charge in [0.15, 0.2) is 0 Å². The molecule has 25 heavy (non-hydrogen) atoms. The smallest absolute Gasteiger partial charge is 0.229 e. The number of pyridine rings is 1. The van der Waals surface area contributed by atoms with Gasteiger partial charge in [-0.15, -0.1) is 0 Å². The lowest BCUT2D eigenvalue weighted by Crippen LogP contribution is -2.09. The largest absolute Gasteiger partial charge is 0.284 e. The van der Waals surface area contributed by atoms with Crippen LogP contribution in [0.5, 0.6) is 0 Å². The Morgan fingerprint density at radius 1 is 1.12 bits per heavy atom. The summed E-state index contributed by atoms with van der Waals surface area (Å²) in [7, 11) is -3.27. The maximum atomic E-state index is 11.3. The van der Waals surface area contributed by atoms with Crippen LogP contribution in [0.2, 0.25) is 0 Å². The minimum atomic E-state index is -3.27. The number of sulfonamides is 1. The summed E-state index contributed by atoms with van der Waals surface area (Å²) in [5.74, 6) is 0. The van der Waals surface area contributed by atoms with Gasteiger partial charge in [0.25, 0.3) is 0 Å². The zero-order chi connectivity index (χ0) is 17.9. The summed E-state index contributed by atoms with van der Waals surface area (Å²) in [6, 6.07) is 13.0. The predicted octanol–water partition coefficient (Wildman–Crippen LogP) is 3.26. The molecule has 2 aromatic heterocycles. The van der Waals surface area contributed by atoms with Crippen LogP contribution < -0.4 is 4.72 Å². The summed E-state index contributed by atoms with van der Waals surface area (Å²) < 4.78 is 26.8. The molecule has 0 amide bonds. The standard InChI is InChI=1S/C18H20N4O2S/c1-3-4-16-13-17(9-11-19-16)22-12-10-18(20-22)14-5-7-15(8-6-14)21-25(2,23)24/h5-13,21H,3-4H2,1-2H3. The van der Waals surface area contributed by atoms with Crippen molar-refractivity contribution >= 4 is 15.7 Å². The molecule has 0 bridgehead atoms. The molecule has 3 rings (SSSR count). The zero-order valence-electron chi connectivity index (χ0n) is 14.2. The number of hydrogen-bond donors (Lipinski definition) is 1. The molecule has 0 spiro atoms. The first kappa shape index (κ1) is 17.2. The summed E-state index contributed by atoms with van der Waals surface area (Å²) in [6.45, 7) is 2.13. The molecule has 0 aliphatic heterocycles. The van der Waals surface area contributed by atoms with Gasteiger partial charge < -0.3 is 0 Å². The molecule has 0 saturated carbocycles. The average molecular weight is 356 g/mol. The second-order valence-electron chi connectivity index (χ2n) is 5.85. The number of hydrogen-bond acceptors (Lipinski definition) is 4. The quantitative estimate of drug-likeness (QED) is 0.735. The Kier molecular flexibility index (Phi) is 4.85. The van der Waals surface area contributed by atoms with E-state index in [1.165, 1.54) is 0 Å². The molecule has 0 aliphatic rings. The maximum Gasteiger partial charge on any atom is 0.229 e. The predicted molar refractivity (Wildman–Crippen MR) is 99.3 cm³/mol. The first-order valence-corrected chi connectivity index (χ1v) is 9.93. The third kappa shape index (κ3) is 4.45. The van der Waals surface area contributed by atoms with E-state index in [1.807, 2.05) is 41.2 Å². The topological polar surface area (TPSA) is 76.9 Å². The molecule has 0 saturated heterocycles. The van der Waals surface area contributed by atoms with Crippen LogP contribution in [0.15, 0.2) is 54.9 Å². The third-order valence-electron chi connectivity index (χ3n) is 3.64. The van der Waals surface area contributed by atoms with Gasteiger partial charge in [0.1, 0.15) is 0 Å². The van der Waals surface area contributed by atoms with E-state index in [2.05, 4.69) is 21.7 Å². The van der Waals surface area contributed by atoms with Crippen molar-refractivity contribution in [2.45, 2.75) is 19.8 Å². The minimum Gasteiger partial charge on any atom is -0.284 e. The van der Waals surface area contributed by atoms with Crippen molar-refractivity contribution in [2.75, 3.05) is 11.0 Å². The van der Waals surface area contributed by atoms with E-state index < -0.39 is 10.0 Å². The van der Waals surface area contributed by atoms with Gasteiger partial charge in [-0.1, -0.05) is 25.5 Å². The monoisotopic (exact) mass is 356 g/mol. The fourth-order valence-electron chi connectivity index (χ4n) is 2.55. The minimum absolute atomic E-state index is 0.532. The highest BCUT2D eigenvalue weighted by molar-refractivity contribution is 7.92. The molecule has 0 aliphatic carbocycles. The number of benzene rings is 1. The van der Waals surface area contributed by atoms with Crippen LogP contribution in [0.1, 0.15) is 19.0 Å². The van der Waals surface area contributed by atoms with Crippen molar-refractivity contribution in [3.63, 3.8) is 0 Å². The maximum absolute atomic E-state index is 11.3. The van der Waals surface area contributed by atoms with Gasteiger partial charge in [-0.2, -0.15) is 5.10 Å². The number of rotatable bonds is 6. The van der Waals surface area contributed by atoms with E-state index in [9.17, 15) is 8.42 Å². The molecule has 0 radical (unpaired) electrons. The van der Waals surface area contributed by atoms with Crippen molar-refractivity contribution in [2.24, 2.45) is 0 Å². The second kappa shape index (κ2) is 7.06. The van der Waals surface area contributed by atoms with E-state index in [-0.39, 0.29) is 0 Å². The van der Waals surface area contributed by atoms with Crippen LogP contribution >= 0.6 is 0 Å². The molecule has 7 heteroatoms. The summed E-state index contributed by atoms with van der Waals surface area (Å²) >= 11 is 0. The second-order valence-corrected chi connectivity index (χ2v) is 7.60. The average Bonchev–Trinajstić information content (AvgIpc) is 3.05. The van der Waals surface area contributed by atoms with Gasteiger partial charge in [-0.05, 0) is 36.8 Å². The first-order chi connectivity index (χ1) is 11.9. The highest BCUT2D eigenvalue weighted by Gasteiger charge is 2.06. The van der Waals surface area contributed by atoms with Crippen LogP contribution in [0.4, 0.5) is 5.69 Å². The van der Waals surface area contributed by atoms with Crippen molar-refractivity contribution in [3.8, 4) is 16.9 Å². The SMILES string of the molecule is CCCc1cc(-n2ccc(-c3ccc(NS(C)(=O)=O)cc3)n2)ccn1. The summed E-state index contributed by atoms with van der Waals surface area (Å²) in [6.07, 6.45) is 6.83. The lowest BCUT2D eigenvalue weighted by Gasteiger charge is -2.05. The number of nitrogens with zero attached hydrogens (tertiary/aromatic N) is 3. The molecule has 0 atom stereocenters. The molecule has 130 valence electrons. The fourth-order valence-corrected chi connectivity index (χ4v) is 3.11. The van der Waals surface area contributed by atoms with Crippen molar-refractivity contribution < 1.29 is 8.42 Å². The molecule has 1 N–H and O–H groups in total. The van der Waals surface area contributed by atoms with Gasteiger partial charge in [0, 0.05) is 29.3 Å². The van der Waals surface area contributed by atoms with Crippen LogP contribution in [0, 0.1) is 0 Å². The Hall–Kier alpha value is -2.67. The highest BCUT2D eigenvalue weighted by atomic mass is 32.2. The normalized spacial score (nSPS) is 11.4. The number of nitrogens with one attached hydrogen (secondary N) is 1. The fraction of sp³-hybridized carbons (Fsp3) is 0.222. The number of aromatic nitrogens is 3. The Labute approximate surface area is 147 Å². The van der Waals surface area contributed by atoms with Gasteiger partial charge in [0.2, 0.25) is 10.0 Å². The highest BCUT2D eigenvalue weighted by Crippen LogP contribution is 2.21. The van der Waals surface area contributed by atoms with Gasteiger partial charge >= 0.3 is 0 Å². The molecule has 3 aromatic rings. The molecular formula is C18H20N4O2S. The summed E-state index contributed by atoms with van der Waals surface area (Å²) in [5.41, 5.74) is 4.29. The van der Waals surface area contributed by atoms with Crippen LogP contribution in [0.25, 0.3) is 16.9 Å². The number of anilines is 1. The lowest BCUT2D eigenvalue weighted by molar-refractivity contribution is 0.607.